The highest BCUT2D eigenvalue weighted by atomic mass is 16.1. The number of carbonyl (C=O) groups is 1. The Morgan fingerprint density at radius 2 is 1.93 bits per heavy atom. The van der Waals surface area contributed by atoms with Crippen LogP contribution in [-0.2, 0) is 11.2 Å². The summed E-state index contributed by atoms with van der Waals surface area (Å²) in [5.74, 6) is 1.21. The van der Waals surface area contributed by atoms with Crippen LogP contribution >= 0.6 is 0 Å². The Morgan fingerprint density at radius 3 is 2.81 bits per heavy atom. The molecule has 2 heterocycles. The van der Waals surface area contributed by atoms with Crippen LogP contribution in [0.4, 0.5) is 0 Å². The molecule has 1 atom stereocenters. The number of aryl methyl sites for hydroxylation is 1. The molecule has 1 aromatic heterocycles. The first-order valence-electron chi connectivity index (χ1n) is 10.4. The standard InChI is InChI=1S/C23H29N3O/c27-23(18-12-5-3-6-13-18)26-20-15-7-2-1-4-10-17-11-8-9-14-19(17)21-16-24-22(20)25-21/h2,7-9,11,14,16,18,20H,1,3-6,10,12-13,15H2,(H,24,25)(H,26,27)/b7-2+. The summed E-state index contributed by atoms with van der Waals surface area (Å²) in [6.45, 7) is 0. The van der Waals surface area contributed by atoms with Gasteiger partial charge < -0.3 is 10.3 Å². The third-order valence-corrected chi connectivity index (χ3v) is 5.88. The van der Waals surface area contributed by atoms with E-state index in [2.05, 4.69) is 51.7 Å². The minimum atomic E-state index is -0.0870. The molecule has 1 aromatic carbocycles. The van der Waals surface area contributed by atoms with Gasteiger partial charge in [-0.25, -0.2) is 4.98 Å². The van der Waals surface area contributed by atoms with Crippen LogP contribution in [0.2, 0.25) is 0 Å². The molecule has 27 heavy (non-hydrogen) atoms. The molecule has 2 N–H and O–H groups in total. The number of imidazole rings is 1. The highest BCUT2D eigenvalue weighted by Crippen LogP contribution is 2.28. The second kappa shape index (κ2) is 8.55. The maximum absolute atomic E-state index is 12.8. The number of aromatic amines is 1. The summed E-state index contributed by atoms with van der Waals surface area (Å²) in [5.41, 5.74) is 3.62. The fraction of sp³-hybridized carbons (Fsp3) is 0.478. The SMILES string of the molecule is O=C(NC1C/C=C/CCCc2ccccc2-c2cnc1[nH]2)C1CCCCC1. The van der Waals surface area contributed by atoms with Crippen LogP contribution in [0.1, 0.15) is 68.8 Å². The van der Waals surface area contributed by atoms with Crippen molar-refractivity contribution >= 4 is 5.91 Å². The molecule has 1 aliphatic heterocycles. The van der Waals surface area contributed by atoms with Crippen LogP contribution in [0.15, 0.2) is 42.6 Å². The monoisotopic (exact) mass is 363 g/mol. The summed E-state index contributed by atoms with van der Waals surface area (Å²) < 4.78 is 0. The van der Waals surface area contributed by atoms with Crippen LogP contribution in [0.5, 0.6) is 0 Å². The van der Waals surface area contributed by atoms with Gasteiger partial charge in [-0.05, 0) is 44.1 Å². The number of carbonyl (C=O) groups excluding carboxylic acids is 1. The van der Waals surface area contributed by atoms with E-state index in [0.717, 1.165) is 50.0 Å². The van der Waals surface area contributed by atoms with Crippen molar-refractivity contribution in [2.24, 2.45) is 5.92 Å². The zero-order valence-electron chi connectivity index (χ0n) is 15.9. The molecule has 1 fully saturated rings. The molecule has 4 rings (SSSR count). The van der Waals surface area contributed by atoms with Gasteiger partial charge in [0.1, 0.15) is 5.82 Å². The molecule has 0 spiro atoms. The van der Waals surface area contributed by atoms with E-state index in [1.807, 2.05) is 6.20 Å². The minimum Gasteiger partial charge on any atom is -0.346 e. The molecular formula is C23H29N3O. The van der Waals surface area contributed by atoms with Gasteiger partial charge >= 0.3 is 0 Å². The maximum Gasteiger partial charge on any atom is 0.223 e. The van der Waals surface area contributed by atoms with Crippen molar-refractivity contribution in [3.63, 3.8) is 0 Å². The van der Waals surface area contributed by atoms with Gasteiger partial charge in [0.2, 0.25) is 5.91 Å². The molecule has 4 heteroatoms. The third-order valence-electron chi connectivity index (χ3n) is 5.88. The molecular weight excluding hydrogens is 334 g/mol. The minimum absolute atomic E-state index is 0.0870. The summed E-state index contributed by atoms with van der Waals surface area (Å²) in [6.07, 6.45) is 16.0. The fourth-order valence-corrected chi connectivity index (χ4v) is 4.31. The normalized spacial score (nSPS) is 22.1. The molecule has 0 radical (unpaired) electrons. The summed E-state index contributed by atoms with van der Waals surface area (Å²) in [6, 6.07) is 8.45. The number of nitrogens with one attached hydrogen (secondary N) is 2. The van der Waals surface area contributed by atoms with E-state index >= 15 is 0 Å². The van der Waals surface area contributed by atoms with E-state index in [9.17, 15) is 4.79 Å². The van der Waals surface area contributed by atoms with E-state index in [0.29, 0.717) is 0 Å². The number of aromatic nitrogens is 2. The Kier molecular flexibility index (Phi) is 5.71. The first-order valence-corrected chi connectivity index (χ1v) is 10.4. The maximum atomic E-state index is 12.8. The average Bonchev–Trinajstić information content (AvgIpc) is 3.20. The number of hydrogen-bond donors (Lipinski definition) is 2. The quantitative estimate of drug-likeness (QED) is 0.730. The highest BCUT2D eigenvalue weighted by molar-refractivity contribution is 5.79. The molecule has 1 aliphatic carbocycles. The van der Waals surface area contributed by atoms with Crippen molar-refractivity contribution < 1.29 is 4.79 Å². The molecule has 1 unspecified atom stereocenters. The van der Waals surface area contributed by atoms with Crippen molar-refractivity contribution in [1.82, 2.24) is 15.3 Å². The lowest BCUT2D eigenvalue weighted by atomic mass is 9.88. The van der Waals surface area contributed by atoms with Crippen LogP contribution in [0.3, 0.4) is 0 Å². The Hall–Kier alpha value is -2.36. The van der Waals surface area contributed by atoms with E-state index in [1.54, 1.807) is 0 Å². The highest BCUT2D eigenvalue weighted by Gasteiger charge is 2.25. The van der Waals surface area contributed by atoms with Gasteiger partial charge in [-0.15, -0.1) is 0 Å². The molecule has 2 aliphatic rings. The van der Waals surface area contributed by atoms with Crippen LogP contribution in [-0.4, -0.2) is 15.9 Å². The average molecular weight is 364 g/mol. The summed E-state index contributed by atoms with van der Waals surface area (Å²) in [7, 11) is 0. The second-order valence-electron chi connectivity index (χ2n) is 7.83. The molecule has 0 saturated heterocycles. The summed E-state index contributed by atoms with van der Waals surface area (Å²) in [5, 5.41) is 3.28. The van der Waals surface area contributed by atoms with E-state index in [-0.39, 0.29) is 17.9 Å². The third kappa shape index (κ3) is 4.32. The van der Waals surface area contributed by atoms with Crippen LogP contribution < -0.4 is 5.32 Å². The molecule has 2 bridgehead atoms. The molecule has 1 saturated carbocycles. The summed E-state index contributed by atoms with van der Waals surface area (Å²) in [4.78, 5) is 20.9. The lowest BCUT2D eigenvalue weighted by Gasteiger charge is -2.23. The largest absolute Gasteiger partial charge is 0.346 e. The smallest absolute Gasteiger partial charge is 0.223 e. The van der Waals surface area contributed by atoms with Crippen LogP contribution in [0, 0.1) is 5.92 Å². The molecule has 142 valence electrons. The Labute approximate surface area is 161 Å². The first-order chi connectivity index (χ1) is 13.3. The predicted octanol–water partition coefficient (Wildman–Crippen LogP) is 5.10. The van der Waals surface area contributed by atoms with Crippen LogP contribution in [0.25, 0.3) is 11.3 Å². The van der Waals surface area contributed by atoms with Crippen molar-refractivity contribution in [3.8, 4) is 11.3 Å². The lowest BCUT2D eigenvalue weighted by molar-refractivity contribution is -0.126. The molecule has 2 aromatic rings. The van der Waals surface area contributed by atoms with Crippen molar-refractivity contribution in [2.45, 2.75) is 63.8 Å². The van der Waals surface area contributed by atoms with E-state index in [1.165, 1.54) is 30.4 Å². The number of amides is 1. The number of hydrogen-bond acceptors (Lipinski definition) is 2. The van der Waals surface area contributed by atoms with Crippen molar-refractivity contribution in [1.29, 1.82) is 0 Å². The Balaban J connectivity index is 1.59. The molecule has 4 nitrogen and oxygen atoms in total. The summed E-state index contributed by atoms with van der Waals surface area (Å²) >= 11 is 0. The second-order valence-corrected chi connectivity index (χ2v) is 7.83. The predicted molar refractivity (Wildman–Crippen MR) is 108 cm³/mol. The van der Waals surface area contributed by atoms with Gasteiger partial charge in [-0.2, -0.15) is 0 Å². The van der Waals surface area contributed by atoms with Gasteiger partial charge in [-0.1, -0.05) is 55.7 Å². The zero-order chi connectivity index (χ0) is 18.5. The topological polar surface area (TPSA) is 57.8 Å². The number of benzene rings is 1. The Bertz CT molecular complexity index is 801. The van der Waals surface area contributed by atoms with E-state index < -0.39 is 0 Å². The molecule has 1 amide bonds. The van der Waals surface area contributed by atoms with Gasteiger partial charge in [0.05, 0.1) is 17.9 Å². The zero-order valence-corrected chi connectivity index (χ0v) is 15.9. The lowest BCUT2D eigenvalue weighted by Crippen LogP contribution is -2.35. The number of H-pyrrole nitrogens is 1. The van der Waals surface area contributed by atoms with Crippen molar-refractivity contribution in [2.75, 3.05) is 0 Å². The number of allylic oxidation sites excluding steroid dienone is 1. The van der Waals surface area contributed by atoms with Gasteiger partial charge in [0.25, 0.3) is 0 Å². The van der Waals surface area contributed by atoms with Gasteiger partial charge in [0.15, 0.2) is 0 Å². The fourth-order valence-electron chi connectivity index (χ4n) is 4.31. The first kappa shape index (κ1) is 18.0. The van der Waals surface area contributed by atoms with E-state index in [4.69, 9.17) is 0 Å². The number of fused-ring (bicyclic) bond motifs is 4. The van der Waals surface area contributed by atoms with Gasteiger partial charge in [-0.3, -0.25) is 4.79 Å². The van der Waals surface area contributed by atoms with Crippen molar-refractivity contribution in [3.05, 3.63) is 54.0 Å². The van der Waals surface area contributed by atoms with Gasteiger partial charge in [0, 0.05) is 11.5 Å². The Morgan fingerprint density at radius 1 is 1.07 bits per heavy atom. The number of nitrogens with zero attached hydrogens (tertiary/aromatic N) is 1. The number of rotatable bonds is 2.